The summed E-state index contributed by atoms with van der Waals surface area (Å²) < 4.78 is 22.7. The molecule has 106 valence electrons. The van der Waals surface area contributed by atoms with E-state index in [1.54, 1.807) is 12.1 Å². The molecule has 2 rings (SSSR count). The van der Waals surface area contributed by atoms with Crippen molar-refractivity contribution in [1.82, 2.24) is 0 Å². The molecule has 1 atom stereocenters. The number of sulfonamides is 1. The third kappa shape index (κ3) is 4.31. The van der Waals surface area contributed by atoms with Crippen molar-refractivity contribution in [2.45, 2.75) is 30.7 Å². The van der Waals surface area contributed by atoms with Crippen LogP contribution >= 0.6 is 12.4 Å². The molecule has 0 saturated heterocycles. The lowest BCUT2D eigenvalue weighted by Crippen LogP contribution is -2.14. The van der Waals surface area contributed by atoms with Gasteiger partial charge in [0, 0.05) is 6.04 Å². The molecule has 1 aromatic carbocycles. The lowest BCUT2D eigenvalue weighted by Gasteiger charge is -2.11. The maximum atomic E-state index is 11.3. The smallest absolute Gasteiger partial charge is 0.238 e. The topological polar surface area (TPSA) is 86.2 Å². The van der Waals surface area contributed by atoms with Gasteiger partial charge in [-0.2, -0.15) is 0 Å². The van der Waals surface area contributed by atoms with Crippen LogP contribution in [0.4, 0.5) is 0 Å². The molecular weight excluding hydrogens is 284 g/mol. The van der Waals surface area contributed by atoms with Gasteiger partial charge in [-0.05, 0) is 48.9 Å². The number of nitrogens with two attached hydrogens (primary N) is 2. The first-order valence-electron chi connectivity index (χ1n) is 5.98. The van der Waals surface area contributed by atoms with Gasteiger partial charge in [0.05, 0.1) is 4.90 Å². The summed E-state index contributed by atoms with van der Waals surface area (Å²) in [6, 6.07) is 4.69. The molecule has 4 N–H and O–H groups in total. The van der Waals surface area contributed by atoms with Crippen LogP contribution in [0.5, 0.6) is 0 Å². The van der Waals surface area contributed by atoms with Crippen molar-refractivity contribution in [3.8, 4) is 0 Å². The van der Waals surface area contributed by atoms with E-state index in [1.807, 2.05) is 13.0 Å². The molecule has 0 radical (unpaired) electrons. The molecule has 6 heteroatoms. The molecule has 1 aliphatic carbocycles. The normalized spacial score (nSPS) is 17.2. The zero-order chi connectivity index (χ0) is 13.3. The summed E-state index contributed by atoms with van der Waals surface area (Å²) in [7, 11) is -3.67. The van der Waals surface area contributed by atoms with E-state index in [0.717, 1.165) is 11.1 Å². The highest BCUT2D eigenvalue weighted by atomic mass is 35.5. The van der Waals surface area contributed by atoms with Gasteiger partial charge >= 0.3 is 0 Å². The van der Waals surface area contributed by atoms with E-state index in [0.29, 0.717) is 5.92 Å². The van der Waals surface area contributed by atoms with Crippen molar-refractivity contribution in [1.29, 1.82) is 0 Å². The van der Waals surface area contributed by atoms with Crippen molar-refractivity contribution in [2.75, 3.05) is 0 Å². The minimum absolute atomic E-state index is 0. The third-order valence-electron chi connectivity index (χ3n) is 3.05. The molecule has 1 aliphatic rings. The van der Waals surface area contributed by atoms with Gasteiger partial charge in [0.1, 0.15) is 0 Å². The van der Waals surface area contributed by atoms with Crippen LogP contribution in [-0.2, 0) is 10.0 Å². The number of rotatable bonds is 4. The summed E-state index contributed by atoms with van der Waals surface area (Å²) >= 11 is 0. The minimum atomic E-state index is -3.67. The van der Waals surface area contributed by atoms with Gasteiger partial charge < -0.3 is 5.73 Å². The van der Waals surface area contributed by atoms with Crippen molar-refractivity contribution in [3.05, 3.63) is 35.4 Å². The van der Waals surface area contributed by atoms with Crippen LogP contribution in [0.1, 0.15) is 36.9 Å². The van der Waals surface area contributed by atoms with E-state index in [1.165, 1.54) is 18.9 Å². The summed E-state index contributed by atoms with van der Waals surface area (Å²) in [4.78, 5) is 0.127. The van der Waals surface area contributed by atoms with E-state index in [4.69, 9.17) is 10.9 Å². The van der Waals surface area contributed by atoms with Crippen LogP contribution in [0.3, 0.4) is 0 Å². The van der Waals surface area contributed by atoms with Gasteiger partial charge in [-0.1, -0.05) is 18.2 Å². The Kier molecular flexibility index (Phi) is 5.15. The number of benzene rings is 1. The Hall–Kier alpha value is -0.880. The summed E-state index contributed by atoms with van der Waals surface area (Å²) in [5.74, 6) is 0.629. The predicted molar refractivity (Wildman–Crippen MR) is 79.4 cm³/mol. The molecule has 0 spiro atoms. The fourth-order valence-corrected chi connectivity index (χ4v) is 2.37. The second-order valence-corrected chi connectivity index (χ2v) is 6.38. The Balaban J connectivity index is 0.00000180. The SMILES string of the molecule is C[C@H](N)c1ccc(S(N)(=O)=O)cc1/C=C/C1CC1.Cl. The van der Waals surface area contributed by atoms with Gasteiger partial charge in [-0.3, -0.25) is 0 Å². The van der Waals surface area contributed by atoms with E-state index in [-0.39, 0.29) is 23.3 Å². The molecule has 1 saturated carbocycles. The Morgan fingerprint density at radius 2 is 2.00 bits per heavy atom. The molecule has 0 aliphatic heterocycles. The van der Waals surface area contributed by atoms with Gasteiger partial charge in [0.2, 0.25) is 10.0 Å². The van der Waals surface area contributed by atoms with Gasteiger partial charge in [0.25, 0.3) is 0 Å². The Morgan fingerprint density at radius 1 is 1.37 bits per heavy atom. The molecule has 0 bridgehead atoms. The number of hydrogen-bond donors (Lipinski definition) is 2. The van der Waals surface area contributed by atoms with Gasteiger partial charge in [-0.15, -0.1) is 12.4 Å². The predicted octanol–water partition coefficient (Wildman–Crippen LogP) is 2.20. The zero-order valence-corrected chi connectivity index (χ0v) is 12.4. The fourth-order valence-electron chi connectivity index (χ4n) is 1.82. The van der Waals surface area contributed by atoms with E-state index >= 15 is 0 Å². The van der Waals surface area contributed by atoms with Crippen LogP contribution in [-0.4, -0.2) is 8.42 Å². The molecule has 0 unspecified atom stereocenters. The zero-order valence-electron chi connectivity index (χ0n) is 10.7. The quantitative estimate of drug-likeness (QED) is 0.894. The largest absolute Gasteiger partial charge is 0.324 e. The van der Waals surface area contributed by atoms with Crippen LogP contribution in [0.2, 0.25) is 0 Å². The molecule has 1 fully saturated rings. The van der Waals surface area contributed by atoms with Crippen molar-refractivity contribution in [3.63, 3.8) is 0 Å². The summed E-state index contributed by atoms with van der Waals surface area (Å²) in [5.41, 5.74) is 7.65. The highest BCUT2D eigenvalue weighted by Crippen LogP contribution is 2.31. The fraction of sp³-hybridized carbons (Fsp3) is 0.385. The molecule has 19 heavy (non-hydrogen) atoms. The minimum Gasteiger partial charge on any atom is -0.324 e. The standard InChI is InChI=1S/C13H18N2O2S.ClH/c1-9(14)13-7-6-12(18(15,16)17)8-11(13)5-4-10-2-3-10;/h4-10H,2-3,14H2,1H3,(H2,15,16,17);1H/b5-4+;/t9-;/m0./s1. The first-order chi connectivity index (χ1) is 8.38. The summed E-state index contributed by atoms with van der Waals surface area (Å²) in [6.45, 7) is 1.88. The number of hydrogen-bond acceptors (Lipinski definition) is 3. The van der Waals surface area contributed by atoms with Crippen LogP contribution in [0.25, 0.3) is 6.08 Å². The average molecular weight is 303 g/mol. The molecule has 1 aromatic rings. The Labute approximate surface area is 120 Å². The van der Waals surface area contributed by atoms with Crippen LogP contribution in [0.15, 0.2) is 29.2 Å². The van der Waals surface area contributed by atoms with E-state index in [2.05, 4.69) is 6.08 Å². The first kappa shape index (κ1) is 16.2. The maximum absolute atomic E-state index is 11.3. The van der Waals surface area contributed by atoms with E-state index < -0.39 is 10.0 Å². The molecule has 4 nitrogen and oxygen atoms in total. The summed E-state index contributed by atoms with van der Waals surface area (Å²) in [5, 5.41) is 5.14. The van der Waals surface area contributed by atoms with Gasteiger partial charge in [0.15, 0.2) is 0 Å². The monoisotopic (exact) mass is 302 g/mol. The second kappa shape index (κ2) is 6.05. The number of allylic oxidation sites excluding steroid dienone is 1. The van der Waals surface area contributed by atoms with Crippen molar-refractivity contribution >= 4 is 28.5 Å². The van der Waals surface area contributed by atoms with Gasteiger partial charge in [-0.25, -0.2) is 13.6 Å². The lowest BCUT2D eigenvalue weighted by atomic mass is 10.0. The molecular formula is C13H19ClN2O2S. The molecule has 0 amide bonds. The first-order valence-corrected chi connectivity index (χ1v) is 7.53. The maximum Gasteiger partial charge on any atom is 0.238 e. The highest BCUT2D eigenvalue weighted by molar-refractivity contribution is 7.89. The van der Waals surface area contributed by atoms with Crippen molar-refractivity contribution < 1.29 is 8.42 Å². The molecule has 0 aromatic heterocycles. The number of primary sulfonamides is 1. The Bertz CT molecular complexity index is 578. The third-order valence-corrected chi connectivity index (χ3v) is 3.96. The van der Waals surface area contributed by atoms with E-state index in [9.17, 15) is 8.42 Å². The average Bonchev–Trinajstić information content (AvgIpc) is 3.08. The van der Waals surface area contributed by atoms with Crippen LogP contribution in [0, 0.1) is 5.92 Å². The van der Waals surface area contributed by atoms with Crippen molar-refractivity contribution in [2.24, 2.45) is 16.8 Å². The van der Waals surface area contributed by atoms with Crippen LogP contribution < -0.4 is 10.9 Å². The number of halogens is 1. The lowest BCUT2D eigenvalue weighted by molar-refractivity contribution is 0.597. The second-order valence-electron chi connectivity index (χ2n) is 4.82. The summed E-state index contributed by atoms with van der Waals surface area (Å²) in [6.07, 6.45) is 6.47. The Morgan fingerprint density at radius 3 is 2.47 bits per heavy atom. The molecule has 0 heterocycles. The highest BCUT2D eigenvalue weighted by Gasteiger charge is 2.18.